The molecule has 0 saturated carbocycles. The molecule has 1 N–H and O–H groups in total. The monoisotopic (exact) mass is 471 g/mol. The fraction of sp³-hybridized carbons (Fsp3) is 0.182. The van der Waals surface area contributed by atoms with Gasteiger partial charge >= 0.3 is 0 Å². The summed E-state index contributed by atoms with van der Waals surface area (Å²) < 4.78 is 62.0. The maximum absolute atomic E-state index is 13.8. The largest absolute Gasteiger partial charge is 0.479 e. The van der Waals surface area contributed by atoms with Gasteiger partial charge in [-0.3, -0.25) is 0 Å². The number of hydrogen-bond donors (Lipinski definition) is 1. The average Bonchev–Trinajstić information content (AvgIpc) is 3.38. The number of imidazole rings is 1. The van der Waals surface area contributed by atoms with Gasteiger partial charge in [0.1, 0.15) is 23.5 Å². The predicted octanol–water partition coefficient (Wildman–Crippen LogP) is 4.18. The number of rotatable bonds is 7. The van der Waals surface area contributed by atoms with Gasteiger partial charge in [-0.05, 0) is 29.8 Å². The van der Waals surface area contributed by atoms with Crippen LogP contribution in [0.2, 0.25) is 0 Å². The molecular formula is C22H17F4N7O. The summed E-state index contributed by atoms with van der Waals surface area (Å²) in [6.45, 7) is -0.675. The van der Waals surface area contributed by atoms with Gasteiger partial charge < -0.3 is 19.2 Å². The van der Waals surface area contributed by atoms with Crippen LogP contribution in [0.3, 0.4) is 0 Å². The summed E-state index contributed by atoms with van der Waals surface area (Å²) in [5.74, 6) is -1.03. The van der Waals surface area contributed by atoms with Crippen molar-refractivity contribution in [1.82, 2.24) is 29.1 Å². The molecule has 0 atom stereocenters. The highest BCUT2D eigenvalue weighted by Gasteiger charge is 2.17. The molecule has 0 saturated heterocycles. The first-order valence-electron chi connectivity index (χ1n) is 10.1. The third-order valence-corrected chi connectivity index (χ3v) is 5.18. The van der Waals surface area contributed by atoms with Crippen LogP contribution in [0.4, 0.5) is 23.5 Å². The minimum atomic E-state index is -2.62. The third kappa shape index (κ3) is 3.98. The molecule has 0 bridgehead atoms. The minimum Gasteiger partial charge on any atom is -0.479 e. The fourth-order valence-corrected chi connectivity index (χ4v) is 3.78. The summed E-state index contributed by atoms with van der Waals surface area (Å²) in [5, 5.41) is 2.58. The molecule has 8 nitrogen and oxygen atoms in total. The standard InChI is InChI=1S/C22H17F4N7O/c1-34-21-19-16(29-11-30-21)2-3-32(19)15-7-17-20(27-8-15)31-22(28-9-18(25)26)33(17)10-12-4-13(23)6-14(24)5-12/h2-8,11,18H,9-10H2,1H3,(H,27,28,31). The molecule has 0 spiro atoms. The van der Waals surface area contributed by atoms with E-state index in [9.17, 15) is 17.6 Å². The fourth-order valence-electron chi connectivity index (χ4n) is 3.78. The van der Waals surface area contributed by atoms with Crippen LogP contribution in [0.1, 0.15) is 5.56 Å². The number of nitrogens with zero attached hydrogens (tertiary/aromatic N) is 6. The number of anilines is 1. The van der Waals surface area contributed by atoms with Gasteiger partial charge in [0.2, 0.25) is 11.8 Å². The summed E-state index contributed by atoms with van der Waals surface area (Å²) in [5.41, 5.74) is 2.90. The Balaban J connectivity index is 1.66. The number of ether oxygens (including phenoxy) is 1. The molecule has 0 aliphatic rings. The summed E-state index contributed by atoms with van der Waals surface area (Å²) >= 11 is 0. The highest BCUT2D eigenvalue weighted by molar-refractivity contribution is 5.84. The second-order valence-corrected chi connectivity index (χ2v) is 7.41. The number of aromatic nitrogens is 6. The van der Waals surface area contributed by atoms with Crippen LogP contribution in [-0.2, 0) is 6.54 Å². The summed E-state index contributed by atoms with van der Waals surface area (Å²) in [6.07, 6.45) is 2.09. The highest BCUT2D eigenvalue weighted by Crippen LogP contribution is 2.28. The van der Waals surface area contributed by atoms with Crippen molar-refractivity contribution in [3.05, 3.63) is 66.3 Å². The minimum absolute atomic E-state index is 0.0270. The number of fused-ring (bicyclic) bond motifs is 2. The van der Waals surface area contributed by atoms with Crippen molar-refractivity contribution in [2.45, 2.75) is 13.0 Å². The Hall–Kier alpha value is -4.22. The molecule has 34 heavy (non-hydrogen) atoms. The van der Waals surface area contributed by atoms with E-state index in [1.807, 2.05) is 0 Å². The number of hydrogen-bond acceptors (Lipinski definition) is 6. The lowest BCUT2D eigenvalue weighted by atomic mass is 10.2. The zero-order valence-electron chi connectivity index (χ0n) is 17.7. The van der Waals surface area contributed by atoms with Gasteiger partial charge in [-0.15, -0.1) is 0 Å². The van der Waals surface area contributed by atoms with Crippen LogP contribution >= 0.6 is 0 Å². The van der Waals surface area contributed by atoms with E-state index < -0.39 is 24.6 Å². The number of alkyl halides is 2. The zero-order valence-corrected chi connectivity index (χ0v) is 17.7. The Labute approximate surface area is 189 Å². The van der Waals surface area contributed by atoms with Gasteiger partial charge in [0.05, 0.1) is 43.1 Å². The van der Waals surface area contributed by atoms with E-state index in [4.69, 9.17) is 4.74 Å². The first kappa shape index (κ1) is 21.6. The molecule has 0 unspecified atom stereocenters. The van der Waals surface area contributed by atoms with Crippen molar-refractivity contribution >= 4 is 28.1 Å². The van der Waals surface area contributed by atoms with Gasteiger partial charge in [0.25, 0.3) is 6.43 Å². The molecule has 12 heteroatoms. The van der Waals surface area contributed by atoms with E-state index in [1.165, 1.54) is 25.6 Å². The van der Waals surface area contributed by atoms with E-state index in [0.29, 0.717) is 33.7 Å². The number of benzene rings is 1. The van der Waals surface area contributed by atoms with E-state index in [1.54, 1.807) is 33.7 Å². The van der Waals surface area contributed by atoms with E-state index in [-0.39, 0.29) is 18.1 Å². The van der Waals surface area contributed by atoms with Crippen molar-refractivity contribution in [3.63, 3.8) is 0 Å². The molecule has 174 valence electrons. The van der Waals surface area contributed by atoms with Crippen molar-refractivity contribution in [3.8, 4) is 11.6 Å². The molecule has 1 aromatic carbocycles. The number of methoxy groups -OCH3 is 1. The quantitative estimate of drug-likeness (QED) is 0.359. The summed E-state index contributed by atoms with van der Waals surface area (Å²) in [6, 6.07) is 6.63. The third-order valence-electron chi connectivity index (χ3n) is 5.18. The lowest BCUT2D eigenvalue weighted by Gasteiger charge is -2.12. The molecule has 0 aliphatic carbocycles. The molecule has 0 radical (unpaired) electrons. The number of nitrogens with one attached hydrogen (secondary N) is 1. The maximum atomic E-state index is 13.8. The smallest absolute Gasteiger partial charge is 0.255 e. The lowest BCUT2D eigenvalue weighted by molar-refractivity contribution is 0.163. The Morgan fingerprint density at radius 2 is 1.85 bits per heavy atom. The molecule has 4 aromatic heterocycles. The maximum Gasteiger partial charge on any atom is 0.255 e. The van der Waals surface area contributed by atoms with Crippen LogP contribution in [0.5, 0.6) is 5.88 Å². The highest BCUT2D eigenvalue weighted by atomic mass is 19.3. The second-order valence-electron chi connectivity index (χ2n) is 7.41. The van der Waals surface area contributed by atoms with Crippen LogP contribution in [-0.4, -0.2) is 49.2 Å². The Kier molecular flexibility index (Phi) is 5.48. The zero-order chi connectivity index (χ0) is 23.8. The van der Waals surface area contributed by atoms with Gasteiger partial charge in [-0.1, -0.05) is 0 Å². The molecular weight excluding hydrogens is 454 g/mol. The molecule has 5 aromatic rings. The van der Waals surface area contributed by atoms with Crippen molar-refractivity contribution < 1.29 is 22.3 Å². The van der Waals surface area contributed by atoms with Gasteiger partial charge in [0, 0.05) is 12.3 Å². The summed E-state index contributed by atoms with van der Waals surface area (Å²) in [7, 11) is 1.49. The van der Waals surface area contributed by atoms with Gasteiger partial charge in [0.15, 0.2) is 5.65 Å². The van der Waals surface area contributed by atoms with E-state index >= 15 is 0 Å². The SMILES string of the molecule is COc1ncnc2ccn(-c3cnc4nc(NCC(F)F)n(Cc5cc(F)cc(F)c5)c4c3)c12. The normalized spacial score (nSPS) is 11.6. The first-order chi connectivity index (χ1) is 16.4. The van der Waals surface area contributed by atoms with E-state index in [2.05, 4.69) is 25.3 Å². The lowest BCUT2D eigenvalue weighted by Crippen LogP contribution is -2.15. The number of pyridine rings is 1. The van der Waals surface area contributed by atoms with Gasteiger partial charge in [-0.25, -0.2) is 27.5 Å². The average molecular weight is 471 g/mol. The molecule has 4 heterocycles. The van der Waals surface area contributed by atoms with Crippen molar-refractivity contribution in [1.29, 1.82) is 0 Å². The number of halogens is 4. The molecule has 0 aliphatic heterocycles. The van der Waals surface area contributed by atoms with Crippen LogP contribution < -0.4 is 10.1 Å². The van der Waals surface area contributed by atoms with Crippen LogP contribution in [0.15, 0.2) is 49.1 Å². The second kappa shape index (κ2) is 8.61. The molecule has 0 fully saturated rings. The Bertz CT molecular complexity index is 1480. The molecule has 5 rings (SSSR count). The first-order valence-corrected chi connectivity index (χ1v) is 10.1. The van der Waals surface area contributed by atoms with Crippen molar-refractivity contribution in [2.75, 3.05) is 19.0 Å². The van der Waals surface area contributed by atoms with E-state index in [0.717, 1.165) is 6.07 Å². The Morgan fingerprint density at radius 3 is 2.59 bits per heavy atom. The predicted molar refractivity (Wildman–Crippen MR) is 116 cm³/mol. The van der Waals surface area contributed by atoms with Crippen LogP contribution in [0, 0.1) is 11.6 Å². The van der Waals surface area contributed by atoms with Gasteiger partial charge in [-0.2, -0.15) is 9.97 Å². The molecule has 0 amide bonds. The van der Waals surface area contributed by atoms with Crippen LogP contribution in [0.25, 0.3) is 27.9 Å². The topological polar surface area (TPSA) is 82.7 Å². The van der Waals surface area contributed by atoms with Crippen molar-refractivity contribution in [2.24, 2.45) is 0 Å². The summed E-state index contributed by atoms with van der Waals surface area (Å²) in [4.78, 5) is 17.0. The Morgan fingerprint density at radius 1 is 1.06 bits per heavy atom.